The topological polar surface area (TPSA) is 55.8 Å². The molecule has 1 aromatic rings. The molecule has 0 amide bonds. The van der Waals surface area contributed by atoms with Crippen LogP contribution < -0.4 is 9.47 Å². The molecule has 0 bridgehead atoms. The number of carbonyl (C=O) groups is 1. The number of ether oxygens (including phenoxy) is 2. The van der Waals surface area contributed by atoms with Gasteiger partial charge >= 0.3 is 5.97 Å². The molecule has 1 N–H and O–H groups in total. The summed E-state index contributed by atoms with van der Waals surface area (Å²) in [6.07, 6.45) is 0.392. The molecule has 0 aliphatic heterocycles. The second-order valence-corrected chi connectivity index (χ2v) is 4.54. The van der Waals surface area contributed by atoms with Crippen LogP contribution in [0.5, 0.6) is 11.5 Å². The molecule has 4 nitrogen and oxygen atoms in total. The van der Waals surface area contributed by atoms with Gasteiger partial charge in [0, 0.05) is 0 Å². The fourth-order valence-electron chi connectivity index (χ4n) is 1.57. The lowest BCUT2D eigenvalue weighted by atomic mass is 9.85. The molecule has 1 aromatic carbocycles. The first-order valence-corrected chi connectivity index (χ1v) is 5.35. The fourth-order valence-corrected chi connectivity index (χ4v) is 1.57. The van der Waals surface area contributed by atoms with Crippen molar-refractivity contribution in [1.29, 1.82) is 0 Å². The van der Waals surface area contributed by atoms with Crippen LogP contribution in [0.2, 0.25) is 0 Å². The van der Waals surface area contributed by atoms with E-state index < -0.39 is 11.4 Å². The summed E-state index contributed by atoms with van der Waals surface area (Å²) in [5.74, 6) is 0.546. The Morgan fingerprint density at radius 2 is 1.94 bits per heavy atom. The summed E-state index contributed by atoms with van der Waals surface area (Å²) in [6, 6.07) is 5.38. The minimum atomic E-state index is -0.834. The van der Waals surface area contributed by atoms with E-state index in [-0.39, 0.29) is 0 Å². The maximum absolute atomic E-state index is 11.1. The molecule has 0 aliphatic rings. The van der Waals surface area contributed by atoms with Crippen molar-refractivity contribution in [2.24, 2.45) is 5.41 Å². The lowest BCUT2D eigenvalue weighted by Crippen LogP contribution is -2.26. The number of hydrogen-bond acceptors (Lipinski definition) is 3. The molecule has 4 heteroatoms. The molecule has 17 heavy (non-hydrogen) atoms. The smallest absolute Gasteiger partial charge is 0.309 e. The van der Waals surface area contributed by atoms with Gasteiger partial charge in [0.05, 0.1) is 19.6 Å². The van der Waals surface area contributed by atoms with Crippen LogP contribution in [0.25, 0.3) is 0 Å². The van der Waals surface area contributed by atoms with Crippen molar-refractivity contribution in [2.75, 3.05) is 14.2 Å². The second-order valence-electron chi connectivity index (χ2n) is 4.54. The van der Waals surface area contributed by atoms with E-state index in [0.717, 1.165) is 5.56 Å². The molecule has 0 heterocycles. The van der Waals surface area contributed by atoms with E-state index in [9.17, 15) is 4.79 Å². The van der Waals surface area contributed by atoms with Crippen LogP contribution in [0.15, 0.2) is 18.2 Å². The van der Waals surface area contributed by atoms with Gasteiger partial charge in [0.1, 0.15) is 11.5 Å². The van der Waals surface area contributed by atoms with Gasteiger partial charge < -0.3 is 14.6 Å². The molecule has 0 spiro atoms. The zero-order chi connectivity index (χ0) is 13.1. The summed E-state index contributed by atoms with van der Waals surface area (Å²) >= 11 is 0. The van der Waals surface area contributed by atoms with Crippen LogP contribution in [0, 0.1) is 5.41 Å². The van der Waals surface area contributed by atoms with Crippen LogP contribution in [0.1, 0.15) is 19.4 Å². The van der Waals surface area contributed by atoms with Crippen molar-refractivity contribution in [3.05, 3.63) is 23.8 Å². The van der Waals surface area contributed by atoms with Crippen molar-refractivity contribution < 1.29 is 19.4 Å². The zero-order valence-corrected chi connectivity index (χ0v) is 10.6. The summed E-state index contributed by atoms with van der Waals surface area (Å²) in [6.45, 7) is 3.38. The van der Waals surface area contributed by atoms with E-state index in [2.05, 4.69) is 0 Å². The Bertz CT molecular complexity index is 410. The third-order valence-electron chi connectivity index (χ3n) is 2.70. The first kappa shape index (κ1) is 13.4. The highest BCUT2D eigenvalue weighted by atomic mass is 16.5. The second kappa shape index (κ2) is 5.08. The molecule has 0 radical (unpaired) electrons. The molecular formula is C13H18O4. The quantitative estimate of drug-likeness (QED) is 0.855. The maximum atomic E-state index is 11.1. The van der Waals surface area contributed by atoms with Gasteiger partial charge in [-0.15, -0.1) is 0 Å². The Kier molecular flexibility index (Phi) is 3.99. The van der Waals surface area contributed by atoms with E-state index in [4.69, 9.17) is 14.6 Å². The van der Waals surface area contributed by atoms with Gasteiger partial charge in [-0.2, -0.15) is 0 Å². The van der Waals surface area contributed by atoms with Crippen LogP contribution in [0.4, 0.5) is 0 Å². The largest absolute Gasteiger partial charge is 0.497 e. The normalized spacial score (nSPS) is 11.1. The number of benzene rings is 1. The number of methoxy groups -OCH3 is 2. The summed E-state index contributed by atoms with van der Waals surface area (Å²) in [5, 5.41) is 9.12. The van der Waals surface area contributed by atoms with Gasteiger partial charge in [0.15, 0.2) is 0 Å². The van der Waals surface area contributed by atoms with E-state index in [0.29, 0.717) is 17.9 Å². The van der Waals surface area contributed by atoms with Crippen LogP contribution in [0.3, 0.4) is 0 Å². The third-order valence-corrected chi connectivity index (χ3v) is 2.70. The maximum Gasteiger partial charge on any atom is 0.309 e. The Morgan fingerprint density at radius 1 is 1.29 bits per heavy atom. The predicted octanol–water partition coefficient (Wildman–Crippen LogP) is 2.36. The monoisotopic (exact) mass is 238 g/mol. The average Bonchev–Trinajstić information content (AvgIpc) is 2.28. The number of carboxylic acids is 1. The highest BCUT2D eigenvalue weighted by Crippen LogP contribution is 2.30. The Labute approximate surface area is 101 Å². The van der Waals surface area contributed by atoms with Gasteiger partial charge in [-0.1, -0.05) is 0 Å². The van der Waals surface area contributed by atoms with Crippen molar-refractivity contribution >= 4 is 5.97 Å². The number of hydrogen-bond donors (Lipinski definition) is 1. The molecule has 94 valence electrons. The summed E-state index contributed by atoms with van der Waals surface area (Å²) < 4.78 is 10.3. The molecule has 0 aromatic heterocycles. The summed E-state index contributed by atoms with van der Waals surface area (Å²) in [7, 11) is 3.15. The highest BCUT2D eigenvalue weighted by molar-refractivity contribution is 5.74. The van der Waals surface area contributed by atoms with E-state index in [1.54, 1.807) is 40.2 Å². The Morgan fingerprint density at radius 3 is 2.41 bits per heavy atom. The zero-order valence-electron chi connectivity index (χ0n) is 10.6. The third kappa shape index (κ3) is 3.12. The SMILES string of the molecule is COc1ccc(OC)c(CC(C)(C)C(=O)O)c1. The standard InChI is InChI=1S/C13H18O4/c1-13(2,12(14)15)8-9-7-10(16-3)5-6-11(9)17-4/h5-7H,8H2,1-4H3,(H,14,15). The van der Waals surface area contributed by atoms with Gasteiger partial charge in [-0.05, 0) is 44.0 Å². The average molecular weight is 238 g/mol. The first-order chi connectivity index (χ1) is 7.90. The Hall–Kier alpha value is -1.71. The van der Waals surface area contributed by atoms with Crippen LogP contribution >= 0.6 is 0 Å². The Balaban J connectivity index is 3.07. The molecule has 0 atom stereocenters. The molecule has 0 unspecified atom stereocenters. The minimum absolute atomic E-state index is 0.392. The lowest BCUT2D eigenvalue weighted by Gasteiger charge is -2.20. The number of carboxylic acid groups (broad SMARTS) is 1. The van der Waals surface area contributed by atoms with Gasteiger partial charge in [-0.3, -0.25) is 4.79 Å². The molecule has 0 aliphatic carbocycles. The molecule has 0 saturated carbocycles. The highest BCUT2D eigenvalue weighted by Gasteiger charge is 2.28. The van der Waals surface area contributed by atoms with Crippen molar-refractivity contribution in [3.8, 4) is 11.5 Å². The lowest BCUT2D eigenvalue weighted by molar-refractivity contribution is -0.146. The molecule has 1 rings (SSSR count). The van der Waals surface area contributed by atoms with Crippen molar-refractivity contribution in [2.45, 2.75) is 20.3 Å². The predicted molar refractivity (Wildman–Crippen MR) is 64.7 cm³/mol. The number of rotatable bonds is 5. The van der Waals surface area contributed by atoms with E-state index in [1.165, 1.54) is 0 Å². The fraction of sp³-hybridized carbons (Fsp3) is 0.462. The van der Waals surface area contributed by atoms with Crippen LogP contribution in [-0.2, 0) is 11.2 Å². The molecular weight excluding hydrogens is 220 g/mol. The van der Waals surface area contributed by atoms with E-state index in [1.807, 2.05) is 6.07 Å². The van der Waals surface area contributed by atoms with Gasteiger partial charge in [-0.25, -0.2) is 0 Å². The van der Waals surface area contributed by atoms with Crippen molar-refractivity contribution in [1.82, 2.24) is 0 Å². The first-order valence-electron chi connectivity index (χ1n) is 5.35. The van der Waals surface area contributed by atoms with Gasteiger partial charge in [0.25, 0.3) is 0 Å². The number of aliphatic carboxylic acids is 1. The van der Waals surface area contributed by atoms with Crippen LogP contribution in [-0.4, -0.2) is 25.3 Å². The minimum Gasteiger partial charge on any atom is -0.497 e. The van der Waals surface area contributed by atoms with Gasteiger partial charge in [0.2, 0.25) is 0 Å². The van der Waals surface area contributed by atoms with E-state index >= 15 is 0 Å². The summed E-state index contributed by atoms with van der Waals surface area (Å²) in [4.78, 5) is 11.1. The summed E-state index contributed by atoms with van der Waals surface area (Å²) in [5.41, 5.74) is -0.00105. The molecule has 0 fully saturated rings. The molecule has 0 saturated heterocycles. The van der Waals surface area contributed by atoms with Crippen molar-refractivity contribution in [3.63, 3.8) is 0 Å².